The lowest BCUT2D eigenvalue weighted by Crippen LogP contribution is -2.48. The summed E-state index contributed by atoms with van der Waals surface area (Å²) < 4.78 is 6.90. The van der Waals surface area contributed by atoms with Crippen molar-refractivity contribution in [2.75, 3.05) is 56.5 Å². The first kappa shape index (κ1) is 22.9. The Balaban J connectivity index is 1.19. The lowest BCUT2D eigenvalue weighted by molar-refractivity contribution is -0.118. The SMILES string of the molecule is CCOc1cccc2sc(N3CCN(CCNC(=O)CSc4ccc(C)cc4)CC3)nc12. The molecule has 0 aliphatic carbocycles. The number of benzene rings is 2. The maximum absolute atomic E-state index is 12.1. The van der Waals surface area contributed by atoms with Gasteiger partial charge in [0.2, 0.25) is 5.91 Å². The van der Waals surface area contributed by atoms with Crippen molar-refractivity contribution in [2.45, 2.75) is 18.7 Å². The number of nitrogens with one attached hydrogen (secondary N) is 1. The second-order valence-corrected chi connectivity index (χ2v) is 9.87. The number of amides is 1. The van der Waals surface area contributed by atoms with Gasteiger partial charge in [-0.1, -0.05) is 35.1 Å². The minimum atomic E-state index is 0.0915. The van der Waals surface area contributed by atoms with Gasteiger partial charge in [-0.3, -0.25) is 9.69 Å². The summed E-state index contributed by atoms with van der Waals surface area (Å²) in [5.74, 6) is 1.41. The van der Waals surface area contributed by atoms with Crippen LogP contribution in [0.4, 0.5) is 5.13 Å². The molecule has 3 aromatic rings. The van der Waals surface area contributed by atoms with E-state index in [2.05, 4.69) is 52.4 Å². The summed E-state index contributed by atoms with van der Waals surface area (Å²) in [5.41, 5.74) is 2.19. The Labute approximate surface area is 198 Å². The third-order valence-corrected chi connectivity index (χ3v) is 7.55. The number of hydrogen-bond acceptors (Lipinski definition) is 7. The van der Waals surface area contributed by atoms with Crippen LogP contribution in [0.25, 0.3) is 10.2 Å². The maximum Gasteiger partial charge on any atom is 0.230 e. The van der Waals surface area contributed by atoms with Crippen LogP contribution in [0.1, 0.15) is 12.5 Å². The van der Waals surface area contributed by atoms with Crippen molar-refractivity contribution in [3.63, 3.8) is 0 Å². The Morgan fingerprint density at radius 1 is 1.16 bits per heavy atom. The van der Waals surface area contributed by atoms with E-state index in [1.807, 2.05) is 19.1 Å². The summed E-state index contributed by atoms with van der Waals surface area (Å²) in [4.78, 5) is 22.9. The molecule has 1 amide bonds. The van der Waals surface area contributed by atoms with Crippen LogP contribution in [0.3, 0.4) is 0 Å². The Morgan fingerprint density at radius 2 is 1.94 bits per heavy atom. The molecule has 8 heteroatoms. The summed E-state index contributed by atoms with van der Waals surface area (Å²) in [5, 5.41) is 4.11. The topological polar surface area (TPSA) is 57.7 Å². The summed E-state index contributed by atoms with van der Waals surface area (Å²) in [6.45, 7) is 10.1. The van der Waals surface area contributed by atoms with Gasteiger partial charge in [-0.25, -0.2) is 4.98 Å². The third-order valence-electron chi connectivity index (χ3n) is 5.45. The Kier molecular flexibility index (Phi) is 7.89. The summed E-state index contributed by atoms with van der Waals surface area (Å²) in [6.07, 6.45) is 0. The van der Waals surface area contributed by atoms with E-state index in [-0.39, 0.29) is 5.91 Å². The van der Waals surface area contributed by atoms with E-state index in [4.69, 9.17) is 9.72 Å². The number of thiazole rings is 1. The van der Waals surface area contributed by atoms with Gasteiger partial charge >= 0.3 is 0 Å². The molecule has 2 heterocycles. The van der Waals surface area contributed by atoms with Crippen molar-refractivity contribution < 1.29 is 9.53 Å². The van der Waals surface area contributed by atoms with E-state index in [9.17, 15) is 4.79 Å². The molecule has 1 aliphatic heterocycles. The Morgan fingerprint density at radius 3 is 2.69 bits per heavy atom. The van der Waals surface area contributed by atoms with Gasteiger partial charge in [-0.2, -0.15) is 0 Å². The molecular formula is C24H30N4O2S2. The molecule has 1 N–H and O–H groups in total. The molecule has 2 aromatic carbocycles. The molecule has 0 saturated carbocycles. The molecule has 1 aromatic heterocycles. The van der Waals surface area contributed by atoms with Gasteiger partial charge in [0.1, 0.15) is 11.3 Å². The molecule has 32 heavy (non-hydrogen) atoms. The second-order valence-electron chi connectivity index (χ2n) is 7.81. The number of nitrogens with zero attached hydrogens (tertiary/aromatic N) is 3. The number of aryl methyl sites for hydroxylation is 1. The number of carbonyl (C=O) groups is 1. The van der Waals surface area contributed by atoms with Crippen molar-refractivity contribution in [3.8, 4) is 5.75 Å². The molecule has 1 fully saturated rings. The number of hydrogen-bond donors (Lipinski definition) is 1. The number of rotatable bonds is 9. The molecule has 0 spiro atoms. The first-order chi connectivity index (χ1) is 15.6. The summed E-state index contributed by atoms with van der Waals surface area (Å²) in [7, 11) is 0. The smallest absolute Gasteiger partial charge is 0.230 e. The number of carbonyl (C=O) groups excluding carboxylic acids is 1. The van der Waals surface area contributed by atoms with Gasteiger partial charge in [0.15, 0.2) is 5.13 Å². The third kappa shape index (κ3) is 5.94. The van der Waals surface area contributed by atoms with Crippen LogP contribution in [-0.2, 0) is 4.79 Å². The minimum absolute atomic E-state index is 0.0915. The first-order valence-electron chi connectivity index (χ1n) is 11.1. The zero-order chi connectivity index (χ0) is 22.3. The number of thioether (sulfide) groups is 1. The lowest BCUT2D eigenvalue weighted by atomic mass is 10.2. The molecule has 6 nitrogen and oxygen atoms in total. The zero-order valence-electron chi connectivity index (χ0n) is 18.7. The summed E-state index contributed by atoms with van der Waals surface area (Å²) >= 11 is 3.31. The molecule has 0 unspecified atom stereocenters. The van der Waals surface area contributed by atoms with Crippen LogP contribution < -0.4 is 15.0 Å². The molecule has 170 valence electrons. The highest BCUT2D eigenvalue weighted by atomic mass is 32.2. The number of fused-ring (bicyclic) bond motifs is 1. The molecule has 0 radical (unpaired) electrons. The quantitative estimate of drug-likeness (QED) is 0.477. The van der Waals surface area contributed by atoms with Crippen LogP contribution in [0.15, 0.2) is 47.4 Å². The fraction of sp³-hybridized carbons (Fsp3) is 0.417. The standard InChI is InChI=1S/C24H30N4O2S2/c1-3-30-20-5-4-6-21-23(20)26-24(32-21)28-15-13-27(14-16-28)12-11-25-22(29)17-31-19-9-7-18(2)8-10-19/h4-10H,3,11-17H2,1-2H3,(H,25,29). The monoisotopic (exact) mass is 470 g/mol. The normalized spacial score (nSPS) is 14.6. The van der Waals surface area contributed by atoms with Crippen molar-refractivity contribution in [1.29, 1.82) is 0 Å². The van der Waals surface area contributed by atoms with E-state index in [0.717, 1.165) is 54.0 Å². The fourth-order valence-corrected chi connectivity index (χ4v) is 5.43. The van der Waals surface area contributed by atoms with Gasteiger partial charge < -0.3 is 15.0 Å². The minimum Gasteiger partial charge on any atom is -0.492 e. The van der Waals surface area contributed by atoms with Crippen molar-refractivity contribution in [2.24, 2.45) is 0 Å². The first-order valence-corrected chi connectivity index (χ1v) is 12.9. The summed E-state index contributed by atoms with van der Waals surface area (Å²) in [6, 6.07) is 14.4. The second kappa shape index (κ2) is 11.0. The van der Waals surface area contributed by atoms with Crippen molar-refractivity contribution in [1.82, 2.24) is 15.2 Å². The number of para-hydroxylation sites is 1. The highest BCUT2D eigenvalue weighted by molar-refractivity contribution is 8.00. The largest absolute Gasteiger partial charge is 0.492 e. The van der Waals surface area contributed by atoms with Crippen LogP contribution >= 0.6 is 23.1 Å². The molecule has 1 saturated heterocycles. The van der Waals surface area contributed by atoms with Gasteiger partial charge in [0.05, 0.1) is 17.1 Å². The van der Waals surface area contributed by atoms with Gasteiger partial charge in [-0.05, 0) is 38.1 Å². The maximum atomic E-state index is 12.1. The van der Waals surface area contributed by atoms with E-state index < -0.39 is 0 Å². The van der Waals surface area contributed by atoms with E-state index in [1.54, 1.807) is 23.1 Å². The Bertz CT molecular complexity index is 1030. The molecule has 0 bridgehead atoms. The molecule has 4 rings (SSSR count). The number of anilines is 1. The van der Waals surface area contributed by atoms with Gasteiger partial charge in [0, 0.05) is 44.2 Å². The van der Waals surface area contributed by atoms with Gasteiger partial charge in [0.25, 0.3) is 0 Å². The number of ether oxygens (including phenoxy) is 1. The van der Waals surface area contributed by atoms with Crippen LogP contribution in [0.2, 0.25) is 0 Å². The fourth-order valence-electron chi connectivity index (χ4n) is 3.67. The van der Waals surface area contributed by atoms with Crippen LogP contribution in [0, 0.1) is 6.92 Å². The van der Waals surface area contributed by atoms with Crippen LogP contribution in [0.5, 0.6) is 5.75 Å². The average Bonchev–Trinajstić information content (AvgIpc) is 3.25. The molecular weight excluding hydrogens is 440 g/mol. The predicted molar refractivity (Wildman–Crippen MR) is 134 cm³/mol. The highest BCUT2D eigenvalue weighted by Gasteiger charge is 2.20. The zero-order valence-corrected chi connectivity index (χ0v) is 20.3. The number of aromatic nitrogens is 1. The van der Waals surface area contributed by atoms with E-state index in [1.165, 1.54) is 10.3 Å². The average molecular weight is 471 g/mol. The molecule has 0 atom stereocenters. The van der Waals surface area contributed by atoms with E-state index >= 15 is 0 Å². The van der Waals surface area contributed by atoms with Crippen molar-refractivity contribution >= 4 is 44.4 Å². The van der Waals surface area contributed by atoms with Crippen LogP contribution in [-0.4, -0.2) is 67.4 Å². The lowest BCUT2D eigenvalue weighted by Gasteiger charge is -2.34. The van der Waals surface area contributed by atoms with Gasteiger partial charge in [-0.15, -0.1) is 11.8 Å². The van der Waals surface area contributed by atoms with E-state index in [0.29, 0.717) is 18.9 Å². The van der Waals surface area contributed by atoms with Crippen molar-refractivity contribution in [3.05, 3.63) is 48.0 Å². The Hall–Kier alpha value is -2.29. The highest BCUT2D eigenvalue weighted by Crippen LogP contribution is 2.34. The molecule has 1 aliphatic rings. The number of piperazine rings is 1. The predicted octanol–water partition coefficient (Wildman–Crippen LogP) is 4.03.